The number of rotatable bonds is 2. The molecule has 1 aromatic heterocycles. The first kappa shape index (κ1) is 13.9. The van der Waals surface area contributed by atoms with E-state index in [4.69, 9.17) is 0 Å². The van der Waals surface area contributed by atoms with Crippen LogP contribution in [-0.2, 0) is 12.8 Å². The van der Waals surface area contributed by atoms with E-state index in [0.717, 1.165) is 25.7 Å². The van der Waals surface area contributed by atoms with Gasteiger partial charge in [0, 0.05) is 17.8 Å². The first-order valence-corrected chi connectivity index (χ1v) is 7.36. The van der Waals surface area contributed by atoms with Crippen molar-refractivity contribution in [3.63, 3.8) is 0 Å². The van der Waals surface area contributed by atoms with Crippen molar-refractivity contribution in [1.29, 1.82) is 0 Å². The van der Waals surface area contributed by atoms with Gasteiger partial charge in [0.05, 0.1) is 12.1 Å². The Bertz CT molecular complexity index is 455. The summed E-state index contributed by atoms with van der Waals surface area (Å²) in [5.74, 6) is -1.12. The topological polar surface area (TPSA) is 40.7 Å². The van der Waals surface area contributed by atoms with Gasteiger partial charge in [0.25, 0.3) is 0 Å². The molecule has 20 heavy (non-hydrogen) atoms. The van der Waals surface area contributed by atoms with Gasteiger partial charge in [-0.1, -0.05) is 6.42 Å². The molecule has 3 unspecified atom stereocenters. The van der Waals surface area contributed by atoms with Crippen molar-refractivity contribution in [2.45, 2.75) is 63.2 Å². The van der Waals surface area contributed by atoms with Gasteiger partial charge in [-0.25, -0.2) is 0 Å². The third-order valence-electron chi connectivity index (χ3n) is 4.63. The van der Waals surface area contributed by atoms with Crippen LogP contribution in [0.4, 0.5) is 13.2 Å². The van der Waals surface area contributed by atoms with E-state index in [9.17, 15) is 13.2 Å². The predicted molar refractivity (Wildman–Crippen MR) is 69.3 cm³/mol. The third kappa shape index (κ3) is 3.00. The molecule has 0 radical (unpaired) electrons. The largest absolute Gasteiger partial charge is 0.391 e. The van der Waals surface area contributed by atoms with E-state index in [1.807, 2.05) is 6.20 Å². The predicted octanol–water partition coefficient (Wildman–Crippen LogP) is 2.98. The van der Waals surface area contributed by atoms with Gasteiger partial charge in [-0.15, -0.1) is 0 Å². The van der Waals surface area contributed by atoms with E-state index in [-0.39, 0.29) is 24.9 Å². The maximum atomic E-state index is 12.8. The molecule has 0 saturated heterocycles. The normalized spacial score (nSPS) is 31.1. The molecule has 1 saturated carbocycles. The first-order valence-electron chi connectivity index (χ1n) is 7.36. The van der Waals surface area contributed by atoms with Crippen molar-refractivity contribution in [2.24, 2.45) is 5.92 Å². The summed E-state index contributed by atoms with van der Waals surface area (Å²) >= 11 is 0. The summed E-state index contributed by atoms with van der Waals surface area (Å²) in [7, 11) is 0. The van der Waals surface area contributed by atoms with Gasteiger partial charge in [-0.3, -0.25) is 5.10 Å². The minimum Gasteiger partial charge on any atom is -0.311 e. The van der Waals surface area contributed by atoms with E-state index in [2.05, 4.69) is 15.5 Å². The molecule has 0 bridgehead atoms. The minimum atomic E-state index is -4.04. The number of aromatic nitrogens is 2. The van der Waals surface area contributed by atoms with Crippen LogP contribution in [-0.4, -0.2) is 28.5 Å². The highest BCUT2D eigenvalue weighted by molar-refractivity contribution is 5.21. The van der Waals surface area contributed by atoms with Crippen LogP contribution in [0.25, 0.3) is 0 Å². The van der Waals surface area contributed by atoms with E-state index >= 15 is 0 Å². The third-order valence-corrected chi connectivity index (χ3v) is 4.63. The van der Waals surface area contributed by atoms with Crippen LogP contribution in [0.5, 0.6) is 0 Å². The molecule has 2 aliphatic carbocycles. The summed E-state index contributed by atoms with van der Waals surface area (Å²) in [5, 5.41) is 10.5. The molecule has 6 heteroatoms. The lowest BCUT2D eigenvalue weighted by Gasteiger charge is -2.34. The van der Waals surface area contributed by atoms with Crippen LogP contribution >= 0.6 is 0 Å². The van der Waals surface area contributed by atoms with Crippen molar-refractivity contribution in [1.82, 2.24) is 15.5 Å². The van der Waals surface area contributed by atoms with E-state index < -0.39 is 12.1 Å². The molecule has 2 N–H and O–H groups in total. The molecule has 3 nitrogen and oxygen atoms in total. The Balaban J connectivity index is 1.56. The molecule has 2 aliphatic rings. The monoisotopic (exact) mass is 287 g/mol. The second-order valence-corrected chi connectivity index (χ2v) is 6.08. The van der Waals surface area contributed by atoms with Crippen molar-refractivity contribution in [3.8, 4) is 0 Å². The van der Waals surface area contributed by atoms with E-state index in [1.54, 1.807) is 0 Å². The molecule has 1 aromatic rings. The van der Waals surface area contributed by atoms with Crippen molar-refractivity contribution in [3.05, 3.63) is 17.5 Å². The summed E-state index contributed by atoms with van der Waals surface area (Å²) in [6.07, 6.45) is 2.64. The summed E-state index contributed by atoms with van der Waals surface area (Å²) in [5.41, 5.74) is 2.39. The van der Waals surface area contributed by atoms with Gasteiger partial charge in [0.2, 0.25) is 0 Å². The fourth-order valence-electron chi connectivity index (χ4n) is 3.53. The first-order chi connectivity index (χ1) is 9.52. The Kier molecular flexibility index (Phi) is 3.75. The quantitative estimate of drug-likeness (QED) is 0.878. The number of halogens is 3. The number of alkyl halides is 3. The van der Waals surface area contributed by atoms with Crippen molar-refractivity contribution in [2.75, 3.05) is 0 Å². The highest BCUT2D eigenvalue weighted by Crippen LogP contribution is 2.37. The molecule has 0 aromatic carbocycles. The molecular weight excluding hydrogens is 267 g/mol. The zero-order chi connectivity index (χ0) is 14.2. The lowest BCUT2D eigenvalue weighted by molar-refractivity contribution is -0.183. The summed E-state index contributed by atoms with van der Waals surface area (Å²) in [6.45, 7) is 0. The number of fused-ring (bicyclic) bond motifs is 1. The van der Waals surface area contributed by atoms with Gasteiger partial charge >= 0.3 is 6.18 Å². The van der Waals surface area contributed by atoms with Crippen LogP contribution in [0.15, 0.2) is 6.20 Å². The van der Waals surface area contributed by atoms with Crippen LogP contribution in [0, 0.1) is 5.92 Å². The van der Waals surface area contributed by atoms with Crippen LogP contribution in [0.1, 0.15) is 43.4 Å². The molecule has 1 fully saturated rings. The Morgan fingerprint density at radius 1 is 1.20 bits per heavy atom. The summed E-state index contributed by atoms with van der Waals surface area (Å²) in [6, 6.07) is 0.297. The van der Waals surface area contributed by atoms with Crippen molar-refractivity contribution >= 4 is 0 Å². The van der Waals surface area contributed by atoms with E-state index in [0.29, 0.717) is 6.42 Å². The van der Waals surface area contributed by atoms with Crippen LogP contribution < -0.4 is 5.32 Å². The molecule has 0 amide bonds. The van der Waals surface area contributed by atoms with Gasteiger partial charge in [0.15, 0.2) is 0 Å². The fourth-order valence-corrected chi connectivity index (χ4v) is 3.53. The smallest absolute Gasteiger partial charge is 0.311 e. The van der Waals surface area contributed by atoms with Gasteiger partial charge in [-0.2, -0.15) is 18.3 Å². The van der Waals surface area contributed by atoms with Gasteiger partial charge in [0.1, 0.15) is 0 Å². The zero-order valence-electron chi connectivity index (χ0n) is 11.3. The van der Waals surface area contributed by atoms with Crippen LogP contribution in [0.3, 0.4) is 0 Å². The molecule has 0 aliphatic heterocycles. The number of hydrogen-bond acceptors (Lipinski definition) is 2. The van der Waals surface area contributed by atoms with Crippen LogP contribution in [0.2, 0.25) is 0 Å². The average molecular weight is 287 g/mol. The van der Waals surface area contributed by atoms with Gasteiger partial charge < -0.3 is 5.32 Å². The molecule has 112 valence electrons. The maximum absolute atomic E-state index is 12.8. The number of nitrogens with one attached hydrogen (secondary N) is 2. The highest BCUT2D eigenvalue weighted by Gasteiger charge is 2.42. The van der Waals surface area contributed by atoms with Gasteiger partial charge in [-0.05, 0) is 44.1 Å². The maximum Gasteiger partial charge on any atom is 0.391 e. The Morgan fingerprint density at radius 2 is 2.05 bits per heavy atom. The highest BCUT2D eigenvalue weighted by atomic mass is 19.4. The SMILES string of the molecule is FC(F)(F)C1CCCC(NC2CCc3[nH]ncc3C2)C1. The molecule has 3 atom stereocenters. The average Bonchev–Trinajstić information content (AvgIpc) is 2.85. The lowest BCUT2D eigenvalue weighted by Crippen LogP contribution is -2.45. The standard InChI is InChI=1S/C14H20F3N3/c15-14(16,17)10-2-1-3-11(7-10)19-12-4-5-13-9(6-12)8-18-20-13/h8,10-12,19H,1-7H2,(H,18,20). The second kappa shape index (κ2) is 5.39. The zero-order valence-corrected chi connectivity index (χ0v) is 11.3. The molecule has 0 spiro atoms. The lowest BCUT2D eigenvalue weighted by atomic mass is 9.84. The Labute approximate surface area is 116 Å². The fraction of sp³-hybridized carbons (Fsp3) is 0.786. The summed E-state index contributed by atoms with van der Waals surface area (Å²) < 4.78 is 38.4. The molecule has 1 heterocycles. The molecule has 3 rings (SSSR count). The number of hydrogen-bond donors (Lipinski definition) is 2. The summed E-state index contributed by atoms with van der Waals surface area (Å²) in [4.78, 5) is 0. The van der Waals surface area contributed by atoms with E-state index in [1.165, 1.54) is 11.3 Å². The molecular formula is C14H20F3N3. The number of H-pyrrole nitrogens is 1. The van der Waals surface area contributed by atoms with Crippen molar-refractivity contribution < 1.29 is 13.2 Å². The second-order valence-electron chi connectivity index (χ2n) is 6.08. The minimum absolute atomic E-state index is 0.00817. The number of nitrogens with zero attached hydrogens (tertiary/aromatic N) is 1. The number of aryl methyl sites for hydroxylation is 1. The Hall–Kier alpha value is -1.04. The number of aromatic amines is 1. The Morgan fingerprint density at radius 3 is 2.85 bits per heavy atom.